The van der Waals surface area contributed by atoms with Crippen molar-refractivity contribution in [3.8, 4) is 0 Å². The lowest BCUT2D eigenvalue weighted by Gasteiger charge is -1.91. The van der Waals surface area contributed by atoms with Gasteiger partial charge in [0.15, 0.2) is 0 Å². The van der Waals surface area contributed by atoms with Crippen molar-refractivity contribution in [2.24, 2.45) is 5.92 Å². The van der Waals surface area contributed by atoms with Gasteiger partial charge >= 0.3 is 0 Å². The summed E-state index contributed by atoms with van der Waals surface area (Å²) >= 11 is 0. The average molecular weight is 150 g/mol. The fraction of sp³-hybridized carbons (Fsp3) is 1.00. The largest absolute Gasteiger partial charge is 0.286 e. The van der Waals surface area contributed by atoms with Gasteiger partial charge in [0.2, 0.25) is 0 Å². The van der Waals surface area contributed by atoms with Crippen LogP contribution in [0.2, 0.25) is 0 Å². The first kappa shape index (κ1) is 7.02. The maximum atomic E-state index is 10.1. The van der Waals surface area contributed by atoms with E-state index in [4.69, 9.17) is 4.55 Å². The summed E-state index contributed by atoms with van der Waals surface area (Å²) in [6.07, 6.45) is 2.91. The van der Waals surface area contributed by atoms with Crippen LogP contribution in [0.15, 0.2) is 0 Å². The molecule has 0 unspecified atom stereocenters. The lowest BCUT2D eigenvalue weighted by atomic mass is 10.3. The predicted octanol–water partition coefficient (Wildman–Crippen LogP) is 0.674. The molecule has 54 valence electrons. The summed E-state index contributed by atoms with van der Waals surface area (Å²) in [5.74, 6) is 0.518. The Hall–Kier alpha value is -0.0900. The Morgan fingerprint density at radius 3 is 2.33 bits per heavy atom. The SMILES string of the molecule is O=S(=O)(O)CCC1CC1. The molecule has 1 aliphatic rings. The molecule has 0 aromatic carbocycles. The minimum Gasteiger partial charge on any atom is -0.286 e. The van der Waals surface area contributed by atoms with Gasteiger partial charge in [0.05, 0.1) is 5.75 Å². The molecule has 4 heteroatoms. The topological polar surface area (TPSA) is 54.4 Å². The van der Waals surface area contributed by atoms with Crippen LogP contribution in [0.3, 0.4) is 0 Å². The van der Waals surface area contributed by atoms with E-state index in [1.165, 1.54) is 0 Å². The zero-order chi connectivity index (χ0) is 6.91. The molecule has 1 N–H and O–H groups in total. The van der Waals surface area contributed by atoms with Crippen LogP contribution in [0.4, 0.5) is 0 Å². The summed E-state index contributed by atoms with van der Waals surface area (Å²) in [6.45, 7) is 0. The van der Waals surface area contributed by atoms with Crippen LogP contribution >= 0.6 is 0 Å². The zero-order valence-corrected chi connectivity index (χ0v) is 5.89. The molecule has 0 spiro atoms. The van der Waals surface area contributed by atoms with Gasteiger partial charge in [-0.2, -0.15) is 8.42 Å². The molecule has 1 saturated carbocycles. The Morgan fingerprint density at radius 1 is 1.44 bits per heavy atom. The number of hydrogen-bond donors (Lipinski definition) is 1. The lowest BCUT2D eigenvalue weighted by Crippen LogP contribution is -2.03. The quantitative estimate of drug-likeness (QED) is 0.602. The van der Waals surface area contributed by atoms with E-state index in [9.17, 15) is 8.42 Å². The van der Waals surface area contributed by atoms with Gasteiger partial charge in [0.25, 0.3) is 10.1 Å². The molecule has 1 fully saturated rings. The fourth-order valence-corrected chi connectivity index (χ4v) is 1.35. The molecule has 1 aliphatic carbocycles. The molecule has 0 bridgehead atoms. The van der Waals surface area contributed by atoms with E-state index >= 15 is 0 Å². The van der Waals surface area contributed by atoms with Crippen LogP contribution in [0.1, 0.15) is 19.3 Å². The van der Waals surface area contributed by atoms with Crippen LogP contribution in [-0.4, -0.2) is 18.7 Å². The van der Waals surface area contributed by atoms with Crippen molar-refractivity contribution in [1.29, 1.82) is 0 Å². The molecular formula is C5H10O3S. The second kappa shape index (κ2) is 2.27. The van der Waals surface area contributed by atoms with Crippen molar-refractivity contribution in [3.05, 3.63) is 0 Å². The summed E-state index contributed by atoms with van der Waals surface area (Å²) in [4.78, 5) is 0. The summed E-state index contributed by atoms with van der Waals surface area (Å²) in [5.41, 5.74) is 0. The molecule has 9 heavy (non-hydrogen) atoms. The van der Waals surface area contributed by atoms with Crippen LogP contribution in [0.5, 0.6) is 0 Å². The molecule has 1 rings (SSSR count). The van der Waals surface area contributed by atoms with Crippen molar-refractivity contribution < 1.29 is 13.0 Å². The standard InChI is InChI=1S/C5H10O3S/c6-9(7,8)4-3-5-1-2-5/h5H,1-4H2,(H,6,7,8). The molecule has 0 aliphatic heterocycles. The Kier molecular flexibility index (Phi) is 1.77. The number of rotatable bonds is 3. The molecule has 0 amide bonds. The van der Waals surface area contributed by atoms with Gasteiger partial charge < -0.3 is 0 Å². The smallest absolute Gasteiger partial charge is 0.264 e. The molecule has 0 aromatic heterocycles. The van der Waals surface area contributed by atoms with Gasteiger partial charge in [-0.3, -0.25) is 4.55 Å². The third kappa shape index (κ3) is 3.48. The molecule has 0 saturated heterocycles. The summed E-state index contributed by atoms with van der Waals surface area (Å²) in [7, 11) is -3.68. The van der Waals surface area contributed by atoms with Gasteiger partial charge in [-0.15, -0.1) is 0 Å². The van der Waals surface area contributed by atoms with E-state index < -0.39 is 10.1 Å². The van der Waals surface area contributed by atoms with Crippen molar-refractivity contribution in [2.45, 2.75) is 19.3 Å². The van der Waals surface area contributed by atoms with Crippen molar-refractivity contribution >= 4 is 10.1 Å². The Bertz CT molecular complexity index is 178. The maximum absolute atomic E-state index is 10.1. The highest BCUT2D eigenvalue weighted by atomic mass is 32.2. The second-order valence-electron chi connectivity index (χ2n) is 2.52. The van der Waals surface area contributed by atoms with E-state index in [2.05, 4.69) is 0 Å². The highest BCUT2D eigenvalue weighted by molar-refractivity contribution is 7.85. The molecule has 0 aromatic rings. The first-order valence-electron chi connectivity index (χ1n) is 3.03. The Morgan fingerprint density at radius 2 is 2.00 bits per heavy atom. The Labute approximate surface area is 54.8 Å². The minimum absolute atomic E-state index is 0.0579. The van der Waals surface area contributed by atoms with Crippen molar-refractivity contribution in [3.63, 3.8) is 0 Å². The van der Waals surface area contributed by atoms with Crippen molar-refractivity contribution in [2.75, 3.05) is 5.75 Å². The van der Waals surface area contributed by atoms with Crippen LogP contribution < -0.4 is 0 Å². The first-order valence-corrected chi connectivity index (χ1v) is 4.64. The lowest BCUT2D eigenvalue weighted by molar-refractivity contribution is 0.479. The maximum Gasteiger partial charge on any atom is 0.264 e. The van der Waals surface area contributed by atoms with Crippen LogP contribution in [-0.2, 0) is 10.1 Å². The third-order valence-electron chi connectivity index (χ3n) is 1.48. The highest BCUT2D eigenvalue weighted by Crippen LogP contribution is 2.32. The molecule has 0 radical (unpaired) electrons. The zero-order valence-electron chi connectivity index (χ0n) is 5.08. The fourth-order valence-electron chi connectivity index (χ4n) is 0.722. The number of hydrogen-bond acceptors (Lipinski definition) is 2. The first-order chi connectivity index (χ1) is 4.08. The van der Waals surface area contributed by atoms with Gasteiger partial charge in [-0.05, 0) is 12.3 Å². The Balaban J connectivity index is 2.18. The molecule has 0 heterocycles. The average Bonchev–Trinajstić information content (AvgIpc) is 2.38. The van der Waals surface area contributed by atoms with Crippen molar-refractivity contribution in [1.82, 2.24) is 0 Å². The molecule has 0 atom stereocenters. The highest BCUT2D eigenvalue weighted by Gasteiger charge is 2.22. The third-order valence-corrected chi connectivity index (χ3v) is 2.23. The summed E-state index contributed by atoms with van der Waals surface area (Å²) in [6, 6.07) is 0. The monoisotopic (exact) mass is 150 g/mol. The van der Waals surface area contributed by atoms with E-state index in [1.54, 1.807) is 0 Å². The summed E-state index contributed by atoms with van der Waals surface area (Å²) in [5, 5.41) is 0. The summed E-state index contributed by atoms with van der Waals surface area (Å²) < 4.78 is 28.5. The van der Waals surface area contributed by atoms with Gasteiger partial charge in [-0.1, -0.05) is 12.8 Å². The van der Waals surface area contributed by atoms with Crippen LogP contribution in [0, 0.1) is 5.92 Å². The second-order valence-corrected chi connectivity index (χ2v) is 4.09. The van der Waals surface area contributed by atoms with Gasteiger partial charge in [0, 0.05) is 0 Å². The predicted molar refractivity (Wildman–Crippen MR) is 33.8 cm³/mol. The van der Waals surface area contributed by atoms with Gasteiger partial charge in [-0.25, -0.2) is 0 Å². The minimum atomic E-state index is -3.68. The van der Waals surface area contributed by atoms with E-state index in [-0.39, 0.29) is 5.75 Å². The normalized spacial score (nSPS) is 20.1. The van der Waals surface area contributed by atoms with E-state index in [0.29, 0.717) is 12.3 Å². The molecular weight excluding hydrogens is 140 g/mol. The van der Waals surface area contributed by atoms with Gasteiger partial charge in [0.1, 0.15) is 0 Å². The van der Waals surface area contributed by atoms with E-state index in [1.807, 2.05) is 0 Å². The van der Waals surface area contributed by atoms with Crippen LogP contribution in [0.25, 0.3) is 0 Å². The molecule has 3 nitrogen and oxygen atoms in total. The van der Waals surface area contributed by atoms with E-state index in [0.717, 1.165) is 12.8 Å².